The molecular weight excluding hydrogens is 728 g/mol. The number of ether oxygens (including phenoxy) is 8. The second kappa shape index (κ2) is 17.0. The second-order valence-corrected chi connectivity index (χ2v) is 17.9. The van der Waals surface area contributed by atoms with Crippen LogP contribution in [-0.4, -0.2) is 149 Å². The Labute approximate surface area is 329 Å². The van der Waals surface area contributed by atoms with Crippen LogP contribution in [0.2, 0.25) is 0 Å². The van der Waals surface area contributed by atoms with Crippen molar-refractivity contribution < 1.29 is 67.9 Å². The van der Waals surface area contributed by atoms with Crippen molar-refractivity contribution in [3.63, 3.8) is 0 Å². The van der Waals surface area contributed by atoms with Crippen molar-refractivity contribution in [2.75, 3.05) is 6.61 Å². The Balaban J connectivity index is 1.03. The van der Waals surface area contributed by atoms with Crippen LogP contribution in [0.1, 0.15) is 97.3 Å². The standard InChI is InChI=1S/C42H62O14/c1-19-13-25-7-9-28-20(2)14-24(49-28)6-5-23(44)15-32-36(47)41-42(55-32)37(48)40-30(54-41)10-8-26(51-40)16-35(46)56-39-22(4)38-33(17-27(45)29(53-38)11-12-43)52-34(39)18-31(50-25)21(19)3/h19,22,24-34,36-43,45,47-48H,2-3,5-18H2,1,4H3/t19?,22-,24-,25?,26?,27?,28-,29?,30?,31+,32+,33-,34-,36-,37?,38-,39?,40-,41-,42-/m0/s1. The van der Waals surface area contributed by atoms with E-state index in [0.717, 1.165) is 30.4 Å². The summed E-state index contributed by atoms with van der Waals surface area (Å²) in [6, 6.07) is 0. The molecule has 14 heteroatoms. The third kappa shape index (κ3) is 8.32. The van der Waals surface area contributed by atoms with Gasteiger partial charge in [-0.3, -0.25) is 9.59 Å². The average molecular weight is 791 g/mol. The number of carbonyl (C=O) groups excluding carboxylic acids is 2. The number of carbonyl (C=O) groups is 2. The van der Waals surface area contributed by atoms with E-state index >= 15 is 0 Å². The van der Waals surface area contributed by atoms with Crippen LogP contribution in [0.25, 0.3) is 0 Å². The maximum Gasteiger partial charge on any atom is 0.308 e. The van der Waals surface area contributed by atoms with Gasteiger partial charge in [-0.1, -0.05) is 27.0 Å². The Hall–Kier alpha value is -1.82. The fourth-order valence-corrected chi connectivity index (χ4v) is 10.8. The zero-order chi connectivity index (χ0) is 39.4. The molecule has 8 fully saturated rings. The summed E-state index contributed by atoms with van der Waals surface area (Å²) in [5.41, 5.74) is 1.97. The molecule has 0 radical (unpaired) electrons. The normalized spacial score (nSPS) is 50.5. The van der Waals surface area contributed by atoms with Crippen molar-refractivity contribution >= 4 is 11.8 Å². The average Bonchev–Trinajstić information content (AvgIpc) is 3.68. The highest BCUT2D eigenvalue weighted by Gasteiger charge is 2.57. The van der Waals surface area contributed by atoms with Crippen molar-refractivity contribution in [2.24, 2.45) is 11.8 Å². The summed E-state index contributed by atoms with van der Waals surface area (Å²) >= 11 is 0. The second-order valence-electron chi connectivity index (χ2n) is 17.9. The highest BCUT2D eigenvalue weighted by Crippen LogP contribution is 2.44. The summed E-state index contributed by atoms with van der Waals surface area (Å²) in [7, 11) is 0. The Kier molecular flexibility index (Phi) is 12.5. The van der Waals surface area contributed by atoms with E-state index in [1.165, 1.54) is 0 Å². The van der Waals surface area contributed by atoms with Crippen LogP contribution < -0.4 is 0 Å². The van der Waals surface area contributed by atoms with Crippen molar-refractivity contribution in [2.45, 2.75) is 207 Å². The molecule has 8 bridgehead atoms. The lowest BCUT2D eigenvalue weighted by Crippen LogP contribution is -2.62. The van der Waals surface area contributed by atoms with Gasteiger partial charge in [-0.25, -0.2) is 0 Å². The molecule has 8 saturated heterocycles. The van der Waals surface area contributed by atoms with Gasteiger partial charge in [0.15, 0.2) is 0 Å². The molecule has 0 aliphatic carbocycles. The van der Waals surface area contributed by atoms with Crippen LogP contribution in [0.5, 0.6) is 0 Å². The van der Waals surface area contributed by atoms with Crippen molar-refractivity contribution in [1.82, 2.24) is 0 Å². The monoisotopic (exact) mass is 790 g/mol. The van der Waals surface area contributed by atoms with Gasteiger partial charge in [0.05, 0.1) is 79.7 Å². The first-order chi connectivity index (χ1) is 26.9. The number of aliphatic hydroxyl groups excluding tert-OH is 4. The zero-order valence-corrected chi connectivity index (χ0v) is 32.7. The van der Waals surface area contributed by atoms with Gasteiger partial charge in [-0.2, -0.15) is 0 Å². The summed E-state index contributed by atoms with van der Waals surface area (Å²) in [4.78, 5) is 27.0. The lowest BCUT2D eigenvalue weighted by Gasteiger charge is -2.51. The van der Waals surface area contributed by atoms with E-state index in [-0.39, 0.29) is 74.3 Å². The van der Waals surface area contributed by atoms with E-state index < -0.39 is 91.4 Å². The smallest absolute Gasteiger partial charge is 0.308 e. The molecule has 314 valence electrons. The number of rotatable bonds is 2. The molecule has 4 N–H and O–H groups in total. The predicted octanol–water partition coefficient (Wildman–Crippen LogP) is 2.38. The van der Waals surface area contributed by atoms with Crippen molar-refractivity contribution in [3.05, 3.63) is 24.3 Å². The molecular formula is C42H62O14. The Morgan fingerprint density at radius 2 is 1.34 bits per heavy atom. The predicted molar refractivity (Wildman–Crippen MR) is 197 cm³/mol. The van der Waals surface area contributed by atoms with Crippen molar-refractivity contribution in [3.8, 4) is 0 Å². The van der Waals surface area contributed by atoms with Gasteiger partial charge in [0.25, 0.3) is 0 Å². The van der Waals surface area contributed by atoms with Gasteiger partial charge < -0.3 is 58.3 Å². The number of aliphatic hydroxyl groups is 4. The highest BCUT2D eigenvalue weighted by atomic mass is 16.6. The molecule has 0 spiro atoms. The van der Waals surface area contributed by atoms with E-state index in [4.69, 9.17) is 37.9 Å². The summed E-state index contributed by atoms with van der Waals surface area (Å²) in [5, 5.41) is 43.2. The van der Waals surface area contributed by atoms with E-state index in [9.17, 15) is 30.0 Å². The van der Waals surface area contributed by atoms with Crippen molar-refractivity contribution in [1.29, 1.82) is 0 Å². The number of hydrogen-bond donors (Lipinski definition) is 4. The van der Waals surface area contributed by atoms with Gasteiger partial charge >= 0.3 is 5.97 Å². The van der Waals surface area contributed by atoms with Gasteiger partial charge in [0.1, 0.15) is 42.4 Å². The first-order valence-electron chi connectivity index (χ1n) is 21.2. The molecule has 0 aromatic heterocycles. The number of Topliss-reactive ketones (excluding diaryl/α,β-unsaturated/α-hetero) is 1. The number of esters is 1. The summed E-state index contributed by atoms with van der Waals surface area (Å²) in [5.74, 6) is -0.665. The van der Waals surface area contributed by atoms with Crippen LogP contribution in [0.4, 0.5) is 0 Å². The fourth-order valence-electron chi connectivity index (χ4n) is 10.8. The molecule has 56 heavy (non-hydrogen) atoms. The minimum absolute atomic E-state index is 0.00469. The molecule has 14 nitrogen and oxygen atoms in total. The summed E-state index contributed by atoms with van der Waals surface area (Å²) in [6.45, 7) is 12.7. The van der Waals surface area contributed by atoms with Crippen LogP contribution in [0.3, 0.4) is 0 Å². The first-order valence-corrected chi connectivity index (χ1v) is 21.2. The maximum absolute atomic E-state index is 13.9. The fraction of sp³-hybridized carbons (Fsp3) is 0.857. The van der Waals surface area contributed by atoms with E-state index in [2.05, 4.69) is 20.1 Å². The summed E-state index contributed by atoms with van der Waals surface area (Å²) < 4.78 is 51.3. The van der Waals surface area contributed by atoms with Crippen LogP contribution in [0, 0.1) is 11.8 Å². The van der Waals surface area contributed by atoms with E-state index in [1.54, 1.807) is 0 Å². The Bertz CT molecular complexity index is 1460. The molecule has 0 aromatic carbocycles. The molecule has 8 rings (SSSR count). The Morgan fingerprint density at radius 1 is 0.625 bits per heavy atom. The molecule has 8 aliphatic heterocycles. The molecule has 8 aliphatic rings. The minimum Gasteiger partial charge on any atom is -0.459 e. The lowest BCUT2D eigenvalue weighted by atomic mass is 9.79. The van der Waals surface area contributed by atoms with Gasteiger partial charge in [-0.05, 0) is 68.4 Å². The number of ketones is 1. The molecule has 0 amide bonds. The zero-order valence-electron chi connectivity index (χ0n) is 32.7. The third-order valence-corrected chi connectivity index (χ3v) is 14.0. The third-order valence-electron chi connectivity index (χ3n) is 14.0. The molecule has 20 atom stereocenters. The Morgan fingerprint density at radius 3 is 2.14 bits per heavy atom. The molecule has 8 heterocycles. The van der Waals surface area contributed by atoms with E-state index in [1.807, 2.05) is 6.92 Å². The first kappa shape index (κ1) is 40.9. The molecule has 0 saturated carbocycles. The lowest BCUT2D eigenvalue weighted by molar-refractivity contribution is -0.275. The van der Waals surface area contributed by atoms with Crippen LogP contribution in [0.15, 0.2) is 24.3 Å². The molecule has 0 aromatic rings. The highest BCUT2D eigenvalue weighted by molar-refractivity contribution is 5.79. The van der Waals surface area contributed by atoms with Gasteiger partial charge in [0, 0.05) is 38.2 Å². The van der Waals surface area contributed by atoms with E-state index in [0.29, 0.717) is 38.5 Å². The SMILES string of the molecule is C=C1C[C@@H]2CCC(=O)C[C@H]3O[C@H]4C(O)[C@H]5OC(CCC5O[C@H]4[C@H]3O)CC(=O)OC3[C@H](C[C@H]4OC(CC[C@@H]1O2)CC(C)C4=C)O[C@H]1CC(O)C(CCO)O[C@H]1[C@@H]3C. The molecule has 8 unspecified atom stereocenters. The minimum atomic E-state index is -1.13. The number of fused-ring (bicyclic) bond motifs is 8. The maximum atomic E-state index is 13.9. The van der Waals surface area contributed by atoms with Crippen LogP contribution in [-0.2, 0) is 47.5 Å². The van der Waals surface area contributed by atoms with Gasteiger partial charge in [-0.15, -0.1) is 0 Å². The topological polar surface area (TPSA) is 189 Å². The quantitative estimate of drug-likeness (QED) is 0.236. The van der Waals surface area contributed by atoms with Gasteiger partial charge in [0.2, 0.25) is 0 Å². The number of hydrogen-bond acceptors (Lipinski definition) is 14. The largest absolute Gasteiger partial charge is 0.459 e. The summed E-state index contributed by atoms with van der Waals surface area (Å²) in [6.07, 6.45) is -5.21. The van der Waals surface area contributed by atoms with Crippen LogP contribution >= 0.6 is 0 Å².